The Morgan fingerprint density at radius 1 is 1.07 bits per heavy atom. The van der Waals surface area contributed by atoms with Gasteiger partial charge in [-0.25, -0.2) is 5.43 Å². The predicted molar refractivity (Wildman–Crippen MR) is 107 cm³/mol. The molecule has 1 aliphatic carbocycles. The first-order valence-corrected chi connectivity index (χ1v) is 9.07. The van der Waals surface area contributed by atoms with Gasteiger partial charge < -0.3 is 14.8 Å². The van der Waals surface area contributed by atoms with Gasteiger partial charge in [0.2, 0.25) is 5.91 Å². The number of esters is 1. The molecule has 0 saturated heterocycles. The number of anilines is 1. The molecule has 0 bridgehead atoms. The van der Waals surface area contributed by atoms with Gasteiger partial charge in [0.15, 0.2) is 11.5 Å². The van der Waals surface area contributed by atoms with Crippen molar-refractivity contribution in [3.63, 3.8) is 0 Å². The molecular weight excluding hydrogens is 374 g/mol. The summed E-state index contributed by atoms with van der Waals surface area (Å²) in [7, 11) is 1.46. The van der Waals surface area contributed by atoms with Crippen molar-refractivity contribution in [3.8, 4) is 11.5 Å². The van der Waals surface area contributed by atoms with Crippen molar-refractivity contribution in [3.05, 3.63) is 53.6 Å². The lowest BCUT2D eigenvalue weighted by atomic mass is 10.2. The van der Waals surface area contributed by atoms with E-state index in [0.29, 0.717) is 28.3 Å². The highest BCUT2D eigenvalue weighted by atomic mass is 16.6. The molecule has 29 heavy (non-hydrogen) atoms. The highest BCUT2D eigenvalue weighted by Crippen LogP contribution is 2.30. The second kappa shape index (κ2) is 9.01. The molecule has 2 aromatic carbocycles. The van der Waals surface area contributed by atoms with E-state index in [0.717, 1.165) is 12.8 Å². The van der Waals surface area contributed by atoms with E-state index in [1.165, 1.54) is 20.2 Å². The molecule has 0 unspecified atom stereocenters. The fourth-order valence-corrected chi connectivity index (χ4v) is 2.53. The number of hydrazone groups is 1. The number of rotatable bonds is 7. The summed E-state index contributed by atoms with van der Waals surface area (Å²) in [5, 5.41) is 6.75. The summed E-state index contributed by atoms with van der Waals surface area (Å²) in [6, 6.07) is 11.5. The van der Waals surface area contributed by atoms with E-state index in [1.54, 1.807) is 42.5 Å². The van der Waals surface area contributed by atoms with Crippen molar-refractivity contribution in [2.24, 2.45) is 11.0 Å². The van der Waals surface area contributed by atoms with Crippen molar-refractivity contribution in [1.29, 1.82) is 0 Å². The summed E-state index contributed by atoms with van der Waals surface area (Å²) in [4.78, 5) is 35.0. The number of nitrogens with zero attached hydrogens (tertiary/aromatic N) is 1. The number of hydrogen-bond donors (Lipinski definition) is 2. The Hall–Kier alpha value is -3.68. The molecular formula is C21H21N3O5. The number of amides is 2. The summed E-state index contributed by atoms with van der Waals surface area (Å²) in [6.45, 7) is 1.30. The molecule has 0 radical (unpaired) electrons. The molecule has 1 fully saturated rings. The van der Waals surface area contributed by atoms with Crippen LogP contribution in [0.25, 0.3) is 0 Å². The zero-order valence-corrected chi connectivity index (χ0v) is 16.1. The second-order valence-electron chi connectivity index (χ2n) is 6.54. The van der Waals surface area contributed by atoms with Crippen LogP contribution >= 0.6 is 0 Å². The third-order valence-electron chi connectivity index (χ3n) is 4.18. The van der Waals surface area contributed by atoms with Gasteiger partial charge in [-0.2, -0.15) is 5.10 Å². The predicted octanol–water partition coefficient (Wildman–Crippen LogP) is 2.73. The van der Waals surface area contributed by atoms with Crippen LogP contribution in [0.4, 0.5) is 5.69 Å². The van der Waals surface area contributed by atoms with Crippen molar-refractivity contribution in [2.75, 3.05) is 12.4 Å². The molecule has 8 nitrogen and oxygen atoms in total. The number of carbonyl (C=O) groups excluding carboxylic acids is 3. The maximum absolute atomic E-state index is 12.2. The van der Waals surface area contributed by atoms with Crippen LogP contribution in [0.15, 0.2) is 47.6 Å². The van der Waals surface area contributed by atoms with Gasteiger partial charge in [-0.3, -0.25) is 14.4 Å². The third-order valence-corrected chi connectivity index (χ3v) is 4.18. The Balaban J connectivity index is 1.57. The monoisotopic (exact) mass is 395 g/mol. The fraction of sp³-hybridized carbons (Fsp3) is 0.238. The normalized spacial score (nSPS) is 13.0. The number of nitrogens with one attached hydrogen (secondary N) is 2. The lowest BCUT2D eigenvalue weighted by molar-refractivity contribution is -0.132. The first-order chi connectivity index (χ1) is 14.0. The highest BCUT2D eigenvalue weighted by molar-refractivity contribution is 5.97. The fourth-order valence-electron chi connectivity index (χ4n) is 2.53. The maximum atomic E-state index is 12.2. The standard InChI is InChI=1S/C21H21N3O5/c1-13(25)29-18-10-3-14(11-19(18)28-2)12-22-24-21(27)16-6-8-17(9-7-16)23-20(26)15-4-5-15/h3,6-12,15H,4-5H2,1-2H3,(H,23,26)(H,24,27)/b22-12-. The van der Waals surface area contributed by atoms with Crippen molar-refractivity contribution >= 4 is 29.7 Å². The maximum Gasteiger partial charge on any atom is 0.308 e. The van der Waals surface area contributed by atoms with Crippen molar-refractivity contribution < 1.29 is 23.9 Å². The zero-order chi connectivity index (χ0) is 20.8. The minimum absolute atomic E-state index is 0.0157. The van der Waals surface area contributed by atoms with Crippen LogP contribution in [-0.4, -0.2) is 31.1 Å². The Bertz CT molecular complexity index is 949. The van der Waals surface area contributed by atoms with Gasteiger partial charge in [-0.1, -0.05) is 0 Å². The number of carbonyl (C=O) groups is 3. The molecule has 2 amide bonds. The molecule has 0 spiro atoms. The molecule has 150 valence electrons. The minimum atomic E-state index is -0.449. The van der Waals surface area contributed by atoms with E-state index in [9.17, 15) is 14.4 Å². The Kier molecular flexibility index (Phi) is 6.23. The molecule has 3 rings (SSSR count). The van der Waals surface area contributed by atoms with Crippen molar-refractivity contribution in [2.45, 2.75) is 19.8 Å². The second-order valence-corrected chi connectivity index (χ2v) is 6.54. The summed E-state index contributed by atoms with van der Waals surface area (Å²) in [6.07, 6.45) is 3.31. The molecule has 8 heteroatoms. The average molecular weight is 395 g/mol. The first kappa shape index (κ1) is 20.1. The molecule has 1 aliphatic rings. The van der Waals surface area contributed by atoms with E-state index in [-0.39, 0.29) is 17.7 Å². The van der Waals surface area contributed by atoms with Crippen LogP contribution in [-0.2, 0) is 9.59 Å². The Morgan fingerprint density at radius 2 is 1.79 bits per heavy atom. The smallest absolute Gasteiger partial charge is 0.308 e. The minimum Gasteiger partial charge on any atom is -0.493 e. The van der Waals surface area contributed by atoms with Crippen LogP contribution in [0.5, 0.6) is 11.5 Å². The average Bonchev–Trinajstić information content (AvgIpc) is 3.54. The van der Waals surface area contributed by atoms with Crippen LogP contribution < -0.4 is 20.2 Å². The van der Waals surface area contributed by atoms with Crippen LogP contribution in [0.2, 0.25) is 0 Å². The number of hydrogen-bond acceptors (Lipinski definition) is 6. The van der Waals surface area contributed by atoms with Gasteiger partial charge in [-0.05, 0) is 60.9 Å². The molecule has 0 aliphatic heterocycles. The van der Waals surface area contributed by atoms with Gasteiger partial charge >= 0.3 is 5.97 Å². The molecule has 2 aromatic rings. The Morgan fingerprint density at radius 3 is 2.41 bits per heavy atom. The molecule has 1 saturated carbocycles. The number of methoxy groups -OCH3 is 1. The van der Waals surface area contributed by atoms with Crippen molar-refractivity contribution in [1.82, 2.24) is 5.43 Å². The lowest BCUT2D eigenvalue weighted by Gasteiger charge is -2.08. The summed E-state index contributed by atoms with van der Waals surface area (Å²) < 4.78 is 10.2. The summed E-state index contributed by atoms with van der Waals surface area (Å²) >= 11 is 0. The van der Waals surface area contributed by atoms with E-state index in [2.05, 4.69) is 15.8 Å². The lowest BCUT2D eigenvalue weighted by Crippen LogP contribution is -2.18. The highest BCUT2D eigenvalue weighted by Gasteiger charge is 2.29. The van der Waals surface area contributed by atoms with Gasteiger partial charge in [0.05, 0.1) is 13.3 Å². The van der Waals surface area contributed by atoms with Gasteiger partial charge in [0.1, 0.15) is 0 Å². The van der Waals surface area contributed by atoms with E-state index < -0.39 is 5.97 Å². The third kappa shape index (κ3) is 5.65. The SMILES string of the molecule is COc1cc(/C=N\NC(=O)c2ccc(NC(=O)C3CC3)cc2)ccc1OC(C)=O. The van der Waals surface area contributed by atoms with Crippen LogP contribution in [0.1, 0.15) is 35.7 Å². The molecule has 0 heterocycles. The molecule has 0 atom stereocenters. The summed E-state index contributed by atoms with van der Waals surface area (Å²) in [5.41, 5.74) is 4.15. The number of ether oxygens (including phenoxy) is 2. The zero-order valence-electron chi connectivity index (χ0n) is 16.1. The topological polar surface area (TPSA) is 106 Å². The van der Waals surface area contributed by atoms with E-state index in [4.69, 9.17) is 9.47 Å². The molecule has 0 aromatic heterocycles. The van der Waals surface area contributed by atoms with E-state index >= 15 is 0 Å². The largest absolute Gasteiger partial charge is 0.493 e. The Labute approximate surface area is 167 Å². The summed E-state index contributed by atoms with van der Waals surface area (Å²) in [5.74, 6) is -0.0229. The number of benzene rings is 2. The van der Waals surface area contributed by atoms with Crippen LogP contribution in [0, 0.1) is 5.92 Å². The van der Waals surface area contributed by atoms with E-state index in [1.807, 2.05) is 0 Å². The van der Waals surface area contributed by atoms with Gasteiger partial charge in [-0.15, -0.1) is 0 Å². The quantitative estimate of drug-likeness (QED) is 0.325. The van der Waals surface area contributed by atoms with Gasteiger partial charge in [0, 0.05) is 24.1 Å². The molecule has 2 N–H and O–H groups in total. The van der Waals surface area contributed by atoms with Gasteiger partial charge in [0.25, 0.3) is 5.91 Å². The first-order valence-electron chi connectivity index (χ1n) is 9.07. The van der Waals surface area contributed by atoms with Crippen LogP contribution in [0.3, 0.4) is 0 Å².